The standard InChI is InChI=1S/C13H27N3O2S/c1-2-13-5-3-4-8-16(13)19(17,18)15-9-6-12(11-14)7-10-15/h12-13H,2-11,14H2,1H3. The molecule has 0 aliphatic carbocycles. The molecule has 1 atom stereocenters. The van der Waals surface area contributed by atoms with Crippen molar-refractivity contribution in [2.24, 2.45) is 11.7 Å². The van der Waals surface area contributed by atoms with Gasteiger partial charge in [0.05, 0.1) is 0 Å². The van der Waals surface area contributed by atoms with E-state index >= 15 is 0 Å². The molecule has 2 rings (SSSR count). The van der Waals surface area contributed by atoms with Gasteiger partial charge in [0.2, 0.25) is 0 Å². The first-order chi connectivity index (χ1) is 9.09. The molecular weight excluding hydrogens is 262 g/mol. The molecule has 2 aliphatic heterocycles. The van der Waals surface area contributed by atoms with Gasteiger partial charge in [-0.2, -0.15) is 17.0 Å². The average Bonchev–Trinajstić information content (AvgIpc) is 2.47. The third-order valence-corrected chi connectivity index (χ3v) is 6.66. The summed E-state index contributed by atoms with van der Waals surface area (Å²) in [6.07, 6.45) is 5.88. The van der Waals surface area contributed by atoms with Gasteiger partial charge in [0.25, 0.3) is 10.2 Å². The Bertz CT molecular complexity index is 377. The van der Waals surface area contributed by atoms with Crippen LogP contribution in [-0.4, -0.2) is 49.2 Å². The smallest absolute Gasteiger partial charge is 0.282 e. The second-order valence-electron chi connectivity index (χ2n) is 5.75. The fraction of sp³-hybridized carbons (Fsp3) is 1.00. The first-order valence-electron chi connectivity index (χ1n) is 7.56. The lowest BCUT2D eigenvalue weighted by Gasteiger charge is -2.39. The van der Waals surface area contributed by atoms with E-state index in [4.69, 9.17) is 5.73 Å². The molecular formula is C13H27N3O2S. The van der Waals surface area contributed by atoms with Crippen molar-refractivity contribution in [1.82, 2.24) is 8.61 Å². The van der Waals surface area contributed by atoms with Crippen LogP contribution < -0.4 is 5.73 Å². The predicted octanol–water partition coefficient (Wildman–Crippen LogP) is 1.17. The topological polar surface area (TPSA) is 66.6 Å². The van der Waals surface area contributed by atoms with Crippen LogP contribution in [-0.2, 0) is 10.2 Å². The minimum absolute atomic E-state index is 0.200. The zero-order valence-electron chi connectivity index (χ0n) is 11.9. The summed E-state index contributed by atoms with van der Waals surface area (Å²) in [7, 11) is -3.25. The van der Waals surface area contributed by atoms with Crippen molar-refractivity contribution < 1.29 is 8.42 Å². The molecule has 2 heterocycles. The highest BCUT2D eigenvalue weighted by atomic mass is 32.2. The summed E-state index contributed by atoms with van der Waals surface area (Å²) in [6, 6.07) is 0.200. The summed E-state index contributed by atoms with van der Waals surface area (Å²) in [5.74, 6) is 0.495. The summed E-state index contributed by atoms with van der Waals surface area (Å²) in [5, 5.41) is 0. The summed E-state index contributed by atoms with van der Waals surface area (Å²) in [6.45, 7) is 4.72. The highest BCUT2D eigenvalue weighted by molar-refractivity contribution is 7.86. The van der Waals surface area contributed by atoms with Crippen LogP contribution in [0.5, 0.6) is 0 Å². The zero-order chi connectivity index (χ0) is 13.9. The monoisotopic (exact) mass is 289 g/mol. The van der Waals surface area contributed by atoms with Gasteiger partial charge < -0.3 is 5.73 Å². The Labute approximate surface area is 117 Å². The lowest BCUT2D eigenvalue weighted by atomic mass is 9.99. The Hall–Kier alpha value is -0.170. The molecule has 2 saturated heterocycles. The van der Waals surface area contributed by atoms with E-state index in [9.17, 15) is 8.42 Å². The van der Waals surface area contributed by atoms with Crippen LogP contribution in [0, 0.1) is 5.92 Å². The predicted molar refractivity (Wildman–Crippen MR) is 76.9 cm³/mol. The SMILES string of the molecule is CCC1CCCCN1S(=O)(=O)N1CCC(CN)CC1. The van der Waals surface area contributed by atoms with E-state index in [-0.39, 0.29) is 6.04 Å². The zero-order valence-corrected chi connectivity index (χ0v) is 12.7. The minimum atomic E-state index is -3.25. The largest absolute Gasteiger partial charge is 0.330 e. The van der Waals surface area contributed by atoms with E-state index < -0.39 is 10.2 Å². The molecule has 19 heavy (non-hydrogen) atoms. The second kappa shape index (κ2) is 6.52. The van der Waals surface area contributed by atoms with Gasteiger partial charge in [-0.1, -0.05) is 13.3 Å². The Morgan fingerprint density at radius 1 is 1.11 bits per heavy atom. The number of hydrogen-bond donors (Lipinski definition) is 1. The maximum absolute atomic E-state index is 12.7. The maximum atomic E-state index is 12.7. The molecule has 0 radical (unpaired) electrons. The molecule has 0 saturated carbocycles. The van der Waals surface area contributed by atoms with Gasteiger partial charge in [-0.05, 0) is 44.6 Å². The van der Waals surface area contributed by atoms with E-state index in [0.29, 0.717) is 32.1 Å². The molecule has 5 nitrogen and oxygen atoms in total. The fourth-order valence-electron chi connectivity index (χ4n) is 3.21. The number of nitrogens with zero attached hydrogens (tertiary/aromatic N) is 2. The Morgan fingerprint density at radius 2 is 1.79 bits per heavy atom. The van der Waals surface area contributed by atoms with Crippen LogP contribution in [0.25, 0.3) is 0 Å². The van der Waals surface area contributed by atoms with E-state index in [1.165, 1.54) is 0 Å². The Morgan fingerprint density at radius 3 is 2.37 bits per heavy atom. The molecule has 112 valence electrons. The van der Waals surface area contributed by atoms with Crippen LogP contribution in [0.4, 0.5) is 0 Å². The molecule has 0 bridgehead atoms. The van der Waals surface area contributed by atoms with Gasteiger partial charge in [0.1, 0.15) is 0 Å². The quantitative estimate of drug-likeness (QED) is 0.844. The third kappa shape index (κ3) is 3.29. The van der Waals surface area contributed by atoms with Crippen molar-refractivity contribution >= 4 is 10.2 Å². The summed E-state index contributed by atoms with van der Waals surface area (Å²) < 4.78 is 28.9. The second-order valence-corrected chi connectivity index (χ2v) is 7.64. The van der Waals surface area contributed by atoms with Crippen molar-refractivity contribution in [3.63, 3.8) is 0 Å². The fourth-order valence-corrected chi connectivity index (χ4v) is 5.17. The Kier molecular flexibility index (Phi) is 5.22. The van der Waals surface area contributed by atoms with Crippen LogP contribution >= 0.6 is 0 Å². The van der Waals surface area contributed by atoms with E-state index in [2.05, 4.69) is 6.92 Å². The molecule has 6 heteroatoms. The van der Waals surface area contributed by atoms with Gasteiger partial charge in [0.15, 0.2) is 0 Å². The molecule has 0 aromatic heterocycles. The highest BCUT2D eigenvalue weighted by Crippen LogP contribution is 2.27. The van der Waals surface area contributed by atoms with Crippen LogP contribution in [0.3, 0.4) is 0 Å². The van der Waals surface area contributed by atoms with Crippen molar-refractivity contribution in [2.75, 3.05) is 26.2 Å². The van der Waals surface area contributed by atoms with E-state index in [1.54, 1.807) is 8.61 Å². The van der Waals surface area contributed by atoms with E-state index in [1.807, 2.05) is 0 Å². The lowest BCUT2D eigenvalue weighted by Crippen LogP contribution is -2.52. The number of piperidine rings is 2. The molecule has 0 spiro atoms. The van der Waals surface area contributed by atoms with Gasteiger partial charge in [-0.25, -0.2) is 0 Å². The maximum Gasteiger partial charge on any atom is 0.282 e. The van der Waals surface area contributed by atoms with Crippen LogP contribution in [0.1, 0.15) is 45.4 Å². The van der Waals surface area contributed by atoms with Crippen LogP contribution in [0.15, 0.2) is 0 Å². The van der Waals surface area contributed by atoms with Crippen molar-refractivity contribution in [2.45, 2.75) is 51.5 Å². The molecule has 0 amide bonds. The number of rotatable bonds is 4. The first-order valence-corrected chi connectivity index (χ1v) is 8.96. The molecule has 2 aliphatic rings. The highest BCUT2D eigenvalue weighted by Gasteiger charge is 2.37. The molecule has 0 aromatic rings. The Balaban J connectivity index is 2.05. The normalized spacial score (nSPS) is 28.6. The minimum Gasteiger partial charge on any atom is -0.330 e. The lowest BCUT2D eigenvalue weighted by molar-refractivity contribution is 0.208. The van der Waals surface area contributed by atoms with Crippen molar-refractivity contribution in [1.29, 1.82) is 0 Å². The molecule has 0 aromatic carbocycles. The van der Waals surface area contributed by atoms with Crippen LogP contribution in [0.2, 0.25) is 0 Å². The van der Waals surface area contributed by atoms with Gasteiger partial charge in [-0.15, -0.1) is 0 Å². The van der Waals surface area contributed by atoms with Crippen molar-refractivity contribution in [3.8, 4) is 0 Å². The first kappa shape index (κ1) is 15.2. The van der Waals surface area contributed by atoms with Crippen molar-refractivity contribution in [3.05, 3.63) is 0 Å². The van der Waals surface area contributed by atoms with Gasteiger partial charge in [0, 0.05) is 25.7 Å². The molecule has 2 N–H and O–H groups in total. The van der Waals surface area contributed by atoms with Gasteiger partial charge in [-0.3, -0.25) is 0 Å². The average molecular weight is 289 g/mol. The van der Waals surface area contributed by atoms with Gasteiger partial charge >= 0.3 is 0 Å². The molecule has 1 unspecified atom stereocenters. The summed E-state index contributed by atoms with van der Waals surface area (Å²) in [5.41, 5.74) is 5.67. The van der Waals surface area contributed by atoms with E-state index in [0.717, 1.165) is 38.5 Å². The third-order valence-electron chi connectivity index (χ3n) is 4.57. The summed E-state index contributed by atoms with van der Waals surface area (Å²) in [4.78, 5) is 0. The molecule has 2 fully saturated rings. The summed E-state index contributed by atoms with van der Waals surface area (Å²) >= 11 is 0. The number of nitrogens with two attached hydrogens (primary N) is 1. The number of hydrogen-bond acceptors (Lipinski definition) is 3.